The minimum absolute atomic E-state index is 0.0213. The molecular formula is C21H41N3O2. The maximum atomic E-state index is 12.4. The third-order valence-electron chi connectivity index (χ3n) is 4.63. The molecule has 0 saturated heterocycles. The molecule has 1 amide bonds. The molecule has 0 radical (unpaired) electrons. The van der Waals surface area contributed by atoms with Gasteiger partial charge in [0.2, 0.25) is 5.91 Å². The van der Waals surface area contributed by atoms with Crippen molar-refractivity contribution in [3.8, 4) is 0 Å². The van der Waals surface area contributed by atoms with Gasteiger partial charge < -0.3 is 16.4 Å². The lowest BCUT2D eigenvalue weighted by Crippen LogP contribution is -2.42. The Morgan fingerprint density at radius 2 is 1.65 bits per heavy atom. The van der Waals surface area contributed by atoms with Gasteiger partial charge in [0.05, 0.1) is 12.0 Å². The van der Waals surface area contributed by atoms with Crippen LogP contribution in [0.3, 0.4) is 0 Å². The predicted octanol–water partition coefficient (Wildman–Crippen LogP) is 3.19. The van der Waals surface area contributed by atoms with Crippen molar-refractivity contribution in [3.05, 3.63) is 12.7 Å². The lowest BCUT2D eigenvalue weighted by molar-refractivity contribution is -0.128. The monoisotopic (exact) mass is 367 g/mol. The van der Waals surface area contributed by atoms with Gasteiger partial charge in [-0.2, -0.15) is 0 Å². The van der Waals surface area contributed by atoms with Crippen molar-refractivity contribution in [1.82, 2.24) is 10.6 Å². The Morgan fingerprint density at radius 1 is 1.00 bits per heavy atom. The van der Waals surface area contributed by atoms with Crippen molar-refractivity contribution in [2.45, 2.75) is 78.2 Å². The first-order valence-corrected chi connectivity index (χ1v) is 10.3. The van der Waals surface area contributed by atoms with E-state index in [0.717, 1.165) is 51.1 Å². The van der Waals surface area contributed by atoms with Crippen molar-refractivity contribution in [2.24, 2.45) is 17.6 Å². The van der Waals surface area contributed by atoms with Crippen LogP contribution in [-0.2, 0) is 9.59 Å². The summed E-state index contributed by atoms with van der Waals surface area (Å²) < 4.78 is 0. The van der Waals surface area contributed by atoms with Crippen LogP contribution >= 0.6 is 0 Å². The largest absolute Gasteiger partial charge is 0.346 e. The molecule has 0 aromatic heterocycles. The fourth-order valence-electron chi connectivity index (χ4n) is 2.88. The van der Waals surface area contributed by atoms with Gasteiger partial charge in [0.15, 0.2) is 5.78 Å². The average Bonchev–Trinajstić information content (AvgIpc) is 2.59. The van der Waals surface area contributed by atoms with E-state index >= 15 is 0 Å². The highest BCUT2D eigenvalue weighted by atomic mass is 16.2. The maximum Gasteiger partial charge on any atom is 0.227 e. The molecule has 26 heavy (non-hydrogen) atoms. The molecule has 5 nitrogen and oxygen atoms in total. The molecule has 0 aromatic rings. The molecule has 0 aliphatic rings. The second-order valence-corrected chi connectivity index (χ2v) is 7.58. The van der Waals surface area contributed by atoms with Crippen LogP contribution in [0.4, 0.5) is 0 Å². The highest BCUT2D eigenvalue weighted by molar-refractivity contribution is 5.88. The van der Waals surface area contributed by atoms with Crippen LogP contribution in [0.5, 0.6) is 0 Å². The number of hydrogen-bond donors (Lipinski definition) is 3. The molecule has 0 aliphatic heterocycles. The number of Topliss-reactive ketones (excluding diaryl/α,β-unsaturated/α-hetero) is 1. The van der Waals surface area contributed by atoms with Crippen molar-refractivity contribution >= 4 is 11.7 Å². The first kappa shape index (κ1) is 24.8. The Labute approximate surface area is 160 Å². The summed E-state index contributed by atoms with van der Waals surface area (Å²) in [6.07, 6.45) is 9.29. The van der Waals surface area contributed by atoms with Gasteiger partial charge in [-0.05, 0) is 77.4 Å². The number of unbranched alkanes of at least 4 members (excludes halogenated alkanes) is 2. The van der Waals surface area contributed by atoms with Crippen LogP contribution in [0.25, 0.3) is 0 Å². The molecule has 2 atom stereocenters. The fourth-order valence-corrected chi connectivity index (χ4v) is 2.88. The second kappa shape index (κ2) is 16.0. The number of nitrogens with two attached hydrogens (primary N) is 1. The molecular weight excluding hydrogens is 326 g/mol. The molecule has 0 aliphatic carbocycles. The normalized spacial score (nSPS) is 13.4. The van der Waals surface area contributed by atoms with Crippen LogP contribution in [0.15, 0.2) is 12.7 Å². The van der Waals surface area contributed by atoms with E-state index in [4.69, 9.17) is 5.73 Å². The number of carbonyl (C=O) groups is 2. The number of carbonyl (C=O) groups excluding carboxylic acids is 2. The van der Waals surface area contributed by atoms with Crippen molar-refractivity contribution in [1.29, 1.82) is 0 Å². The fraction of sp³-hybridized carbons (Fsp3) is 0.810. The first-order chi connectivity index (χ1) is 12.4. The van der Waals surface area contributed by atoms with E-state index in [1.165, 1.54) is 12.8 Å². The van der Waals surface area contributed by atoms with Gasteiger partial charge in [0.1, 0.15) is 0 Å². The lowest BCUT2D eigenvalue weighted by atomic mass is 9.99. The third-order valence-corrected chi connectivity index (χ3v) is 4.63. The van der Waals surface area contributed by atoms with E-state index in [-0.39, 0.29) is 23.7 Å². The number of ketones is 1. The zero-order valence-corrected chi connectivity index (χ0v) is 17.2. The average molecular weight is 368 g/mol. The van der Waals surface area contributed by atoms with E-state index in [2.05, 4.69) is 31.1 Å². The van der Waals surface area contributed by atoms with Gasteiger partial charge in [0.25, 0.3) is 0 Å². The summed E-state index contributed by atoms with van der Waals surface area (Å²) in [5, 5.41) is 6.35. The maximum absolute atomic E-state index is 12.4. The van der Waals surface area contributed by atoms with Crippen molar-refractivity contribution < 1.29 is 9.59 Å². The summed E-state index contributed by atoms with van der Waals surface area (Å²) in [4.78, 5) is 24.2. The van der Waals surface area contributed by atoms with Gasteiger partial charge in [0, 0.05) is 0 Å². The highest BCUT2D eigenvalue weighted by Gasteiger charge is 2.21. The van der Waals surface area contributed by atoms with Crippen LogP contribution < -0.4 is 16.4 Å². The summed E-state index contributed by atoms with van der Waals surface area (Å²) in [7, 11) is 0. The molecule has 0 bridgehead atoms. The Bertz CT molecular complexity index is 397. The van der Waals surface area contributed by atoms with Crippen molar-refractivity contribution in [2.75, 3.05) is 19.6 Å². The van der Waals surface area contributed by atoms with Crippen LogP contribution in [0.2, 0.25) is 0 Å². The SMILES string of the molecule is C=CC(CCCCN)C(=O)NC(CCCCNCCCC(C)C)C(C)=O. The summed E-state index contributed by atoms with van der Waals surface area (Å²) in [6.45, 7) is 12.4. The molecule has 0 fully saturated rings. The van der Waals surface area contributed by atoms with Gasteiger partial charge in [-0.25, -0.2) is 0 Å². The molecule has 4 N–H and O–H groups in total. The highest BCUT2D eigenvalue weighted by Crippen LogP contribution is 2.11. The zero-order valence-electron chi connectivity index (χ0n) is 17.2. The van der Waals surface area contributed by atoms with E-state index in [9.17, 15) is 9.59 Å². The Balaban J connectivity index is 4.06. The first-order valence-electron chi connectivity index (χ1n) is 10.3. The van der Waals surface area contributed by atoms with Crippen molar-refractivity contribution in [3.63, 3.8) is 0 Å². The minimum Gasteiger partial charge on any atom is -0.346 e. The summed E-state index contributed by atoms with van der Waals surface area (Å²) in [6, 6.07) is -0.389. The molecule has 0 aromatic carbocycles. The smallest absolute Gasteiger partial charge is 0.227 e. The zero-order chi connectivity index (χ0) is 19.8. The molecule has 152 valence electrons. The van der Waals surface area contributed by atoms with Gasteiger partial charge in [-0.3, -0.25) is 9.59 Å². The van der Waals surface area contributed by atoms with E-state index in [1.807, 2.05) is 0 Å². The number of nitrogens with one attached hydrogen (secondary N) is 2. The lowest BCUT2D eigenvalue weighted by Gasteiger charge is -2.19. The van der Waals surface area contributed by atoms with Crippen LogP contribution in [-0.4, -0.2) is 37.4 Å². The summed E-state index contributed by atoms with van der Waals surface area (Å²) in [5.41, 5.74) is 5.50. The minimum atomic E-state index is -0.389. The molecule has 0 spiro atoms. The Kier molecular flexibility index (Phi) is 15.3. The Morgan fingerprint density at radius 3 is 2.23 bits per heavy atom. The summed E-state index contributed by atoms with van der Waals surface area (Å²) >= 11 is 0. The molecule has 0 heterocycles. The topological polar surface area (TPSA) is 84.2 Å². The molecule has 0 saturated carbocycles. The Hall–Kier alpha value is -1.20. The van der Waals surface area contributed by atoms with Gasteiger partial charge >= 0.3 is 0 Å². The van der Waals surface area contributed by atoms with Gasteiger partial charge in [-0.1, -0.05) is 26.3 Å². The quantitative estimate of drug-likeness (QED) is 0.272. The number of amides is 1. The summed E-state index contributed by atoms with van der Waals surface area (Å²) in [5.74, 6) is 0.439. The van der Waals surface area contributed by atoms with E-state index in [0.29, 0.717) is 13.0 Å². The third kappa shape index (κ3) is 13.1. The number of rotatable bonds is 17. The molecule has 2 unspecified atom stereocenters. The van der Waals surface area contributed by atoms with E-state index in [1.54, 1.807) is 13.0 Å². The predicted molar refractivity (Wildman–Crippen MR) is 110 cm³/mol. The molecule has 0 rings (SSSR count). The standard InChI is InChI=1S/C21H41N3O2/c1-5-19(12-6-8-14-22)21(26)24-20(18(4)25)13-7-9-15-23-16-10-11-17(2)3/h5,17,19-20,23H,1,6-16,22H2,2-4H3,(H,24,26). The van der Waals surface area contributed by atoms with Crippen LogP contribution in [0, 0.1) is 11.8 Å². The number of hydrogen-bond acceptors (Lipinski definition) is 4. The van der Waals surface area contributed by atoms with E-state index < -0.39 is 0 Å². The van der Waals surface area contributed by atoms with Gasteiger partial charge in [-0.15, -0.1) is 6.58 Å². The second-order valence-electron chi connectivity index (χ2n) is 7.58. The molecule has 5 heteroatoms. The van der Waals surface area contributed by atoms with Crippen LogP contribution in [0.1, 0.15) is 72.1 Å².